The van der Waals surface area contributed by atoms with Gasteiger partial charge in [0, 0.05) is 37.1 Å². The van der Waals surface area contributed by atoms with Crippen molar-refractivity contribution in [3.05, 3.63) is 76.6 Å². The van der Waals surface area contributed by atoms with E-state index in [2.05, 4.69) is 27.2 Å². The standard InChI is InChI=1S/C30H33F6N7/c1-3-43(17-20-8-4-5-9-20)28-23(14-22-10-6-7-11-26(22)37-28)18-42(19-27-38-40-41(2)39-27)16-21-12-24(29(31,32)33)15-25(13-21)30(34,35)36/h6-7,10-15,20H,3-5,8-9,16-19H2,1-2H3. The zero-order valence-corrected chi connectivity index (χ0v) is 24.0. The van der Waals surface area contributed by atoms with Gasteiger partial charge in [0.15, 0.2) is 5.82 Å². The molecule has 1 aliphatic carbocycles. The van der Waals surface area contributed by atoms with Crippen LogP contribution in [-0.4, -0.2) is 43.2 Å². The molecule has 7 nitrogen and oxygen atoms in total. The highest BCUT2D eigenvalue weighted by Crippen LogP contribution is 2.37. The third-order valence-electron chi connectivity index (χ3n) is 7.78. The van der Waals surface area contributed by atoms with Gasteiger partial charge in [0.2, 0.25) is 0 Å². The number of hydrogen-bond donors (Lipinski definition) is 0. The molecule has 5 rings (SSSR count). The minimum atomic E-state index is -4.94. The van der Waals surface area contributed by atoms with Crippen LogP contribution in [-0.2, 0) is 39.0 Å². The van der Waals surface area contributed by atoms with Crippen LogP contribution in [0.25, 0.3) is 10.9 Å². The summed E-state index contributed by atoms with van der Waals surface area (Å²) in [5.41, 5.74) is -1.21. The maximum atomic E-state index is 13.6. The van der Waals surface area contributed by atoms with Crippen LogP contribution < -0.4 is 4.90 Å². The van der Waals surface area contributed by atoms with E-state index in [1.54, 1.807) is 11.9 Å². The largest absolute Gasteiger partial charge is 0.416 e. The quantitative estimate of drug-likeness (QED) is 0.181. The van der Waals surface area contributed by atoms with Gasteiger partial charge in [-0.25, -0.2) is 4.98 Å². The second-order valence-electron chi connectivity index (χ2n) is 11.1. The zero-order chi connectivity index (χ0) is 30.8. The maximum absolute atomic E-state index is 13.6. The zero-order valence-electron chi connectivity index (χ0n) is 24.0. The molecule has 0 aliphatic heterocycles. The van der Waals surface area contributed by atoms with Gasteiger partial charge < -0.3 is 4.90 Å². The molecule has 4 aromatic rings. The van der Waals surface area contributed by atoms with Gasteiger partial charge >= 0.3 is 12.4 Å². The fourth-order valence-corrected chi connectivity index (χ4v) is 5.77. The predicted octanol–water partition coefficient (Wildman–Crippen LogP) is 7.01. The molecule has 1 fully saturated rings. The van der Waals surface area contributed by atoms with Crippen LogP contribution in [0.1, 0.15) is 60.7 Å². The number of pyridine rings is 1. The second kappa shape index (κ2) is 12.5. The average Bonchev–Trinajstić information content (AvgIpc) is 3.61. The van der Waals surface area contributed by atoms with E-state index < -0.39 is 23.5 Å². The summed E-state index contributed by atoms with van der Waals surface area (Å²) in [5, 5.41) is 13.0. The fourth-order valence-electron chi connectivity index (χ4n) is 5.77. The Kier molecular flexibility index (Phi) is 8.91. The van der Waals surface area contributed by atoms with Gasteiger partial charge in [-0.3, -0.25) is 4.90 Å². The molecule has 13 heteroatoms. The van der Waals surface area contributed by atoms with E-state index in [-0.39, 0.29) is 31.3 Å². The molecular formula is C30H33F6N7. The highest BCUT2D eigenvalue weighted by molar-refractivity contribution is 5.81. The second-order valence-corrected chi connectivity index (χ2v) is 11.1. The van der Waals surface area contributed by atoms with E-state index in [9.17, 15) is 26.3 Å². The number of aryl methyl sites for hydroxylation is 1. The van der Waals surface area contributed by atoms with Gasteiger partial charge in [0.25, 0.3) is 0 Å². The van der Waals surface area contributed by atoms with Crippen molar-refractivity contribution in [3.8, 4) is 0 Å². The summed E-state index contributed by atoms with van der Waals surface area (Å²) in [7, 11) is 1.58. The van der Waals surface area contributed by atoms with E-state index in [0.717, 1.165) is 53.8 Å². The van der Waals surface area contributed by atoms with Crippen LogP contribution in [0.2, 0.25) is 0 Å². The molecule has 2 heterocycles. The Morgan fingerprint density at radius 3 is 2.16 bits per heavy atom. The van der Waals surface area contributed by atoms with Crippen molar-refractivity contribution in [2.24, 2.45) is 13.0 Å². The van der Waals surface area contributed by atoms with E-state index in [4.69, 9.17) is 4.98 Å². The first-order chi connectivity index (χ1) is 20.4. The molecule has 0 spiro atoms. The summed E-state index contributed by atoms with van der Waals surface area (Å²) in [5.74, 6) is 1.58. The third-order valence-corrected chi connectivity index (χ3v) is 7.78. The van der Waals surface area contributed by atoms with Crippen molar-refractivity contribution in [2.45, 2.75) is 64.6 Å². The summed E-state index contributed by atoms with van der Waals surface area (Å²) in [6, 6.07) is 11.3. The molecule has 0 unspecified atom stereocenters. The van der Waals surface area contributed by atoms with Crippen LogP contribution in [0.3, 0.4) is 0 Å². The normalized spacial score (nSPS) is 14.7. The van der Waals surface area contributed by atoms with E-state index in [1.165, 1.54) is 17.6 Å². The molecule has 230 valence electrons. The number of anilines is 1. The summed E-state index contributed by atoms with van der Waals surface area (Å²) >= 11 is 0. The SMILES string of the molecule is CCN(CC1CCCC1)c1nc2ccccc2cc1CN(Cc1cc(C(F)(F)F)cc(C(F)(F)F)c1)Cc1nnn(C)n1. The number of hydrogen-bond acceptors (Lipinski definition) is 6. The van der Waals surface area contributed by atoms with Gasteiger partial charge in [-0.05, 0) is 66.8 Å². The number of aromatic nitrogens is 5. The lowest BCUT2D eigenvalue weighted by atomic mass is 10.0. The number of para-hydroxylation sites is 1. The van der Waals surface area contributed by atoms with Gasteiger partial charge in [-0.15, -0.1) is 10.2 Å². The Morgan fingerprint density at radius 1 is 0.884 bits per heavy atom. The number of tetrazole rings is 1. The molecule has 2 aromatic carbocycles. The average molecular weight is 606 g/mol. The fraction of sp³-hybridized carbons (Fsp3) is 0.467. The predicted molar refractivity (Wildman–Crippen MR) is 150 cm³/mol. The van der Waals surface area contributed by atoms with Crippen molar-refractivity contribution >= 4 is 16.7 Å². The lowest BCUT2D eigenvalue weighted by Gasteiger charge is -2.30. The van der Waals surface area contributed by atoms with Crippen molar-refractivity contribution in [3.63, 3.8) is 0 Å². The molecule has 43 heavy (non-hydrogen) atoms. The van der Waals surface area contributed by atoms with Crippen molar-refractivity contribution in [1.29, 1.82) is 0 Å². The first-order valence-corrected chi connectivity index (χ1v) is 14.3. The van der Waals surface area contributed by atoms with E-state index >= 15 is 0 Å². The summed E-state index contributed by atoms with van der Waals surface area (Å²) in [6.45, 7) is 3.59. The maximum Gasteiger partial charge on any atom is 0.416 e. The number of nitrogens with zero attached hydrogens (tertiary/aromatic N) is 7. The first kappa shape index (κ1) is 30.7. The smallest absolute Gasteiger partial charge is 0.356 e. The number of fused-ring (bicyclic) bond motifs is 1. The van der Waals surface area contributed by atoms with Crippen LogP contribution in [0, 0.1) is 5.92 Å². The van der Waals surface area contributed by atoms with Crippen molar-refractivity contribution < 1.29 is 26.3 Å². The van der Waals surface area contributed by atoms with Crippen LogP contribution >= 0.6 is 0 Å². The summed E-state index contributed by atoms with van der Waals surface area (Å²) in [4.78, 5) is 10.2. The molecule has 1 aliphatic rings. The molecule has 2 aromatic heterocycles. The Hall–Kier alpha value is -3.74. The molecular weight excluding hydrogens is 572 g/mol. The summed E-state index contributed by atoms with van der Waals surface area (Å²) < 4.78 is 81.8. The highest BCUT2D eigenvalue weighted by Gasteiger charge is 2.37. The van der Waals surface area contributed by atoms with Gasteiger partial charge in [-0.2, -0.15) is 31.1 Å². The van der Waals surface area contributed by atoms with E-state index in [1.807, 2.05) is 30.3 Å². The number of rotatable bonds is 10. The Morgan fingerprint density at radius 2 is 1.56 bits per heavy atom. The van der Waals surface area contributed by atoms with Gasteiger partial charge in [0.1, 0.15) is 5.82 Å². The Labute approximate surface area is 245 Å². The van der Waals surface area contributed by atoms with E-state index in [0.29, 0.717) is 18.3 Å². The van der Waals surface area contributed by atoms with Crippen LogP contribution in [0.5, 0.6) is 0 Å². The number of halogens is 6. The molecule has 0 N–H and O–H groups in total. The third kappa shape index (κ3) is 7.62. The Balaban J connectivity index is 1.55. The summed E-state index contributed by atoms with van der Waals surface area (Å²) in [6.07, 6.45) is -5.22. The van der Waals surface area contributed by atoms with Crippen molar-refractivity contribution in [2.75, 3.05) is 18.0 Å². The first-order valence-electron chi connectivity index (χ1n) is 14.3. The lowest BCUT2D eigenvalue weighted by Crippen LogP contribution is -2.31. The number of alkyl halides is 6. The topological polar surface area (TPSA) is 63.0 Å². The Bertz CT molecular complexity index is 1510. The molecule has 0 bridgehead atoms. The lowest BCUT2D eigenvalue weighted by molar-refractivity contribution is -0.143. The number of benzene rings is 2. The minimum absolute atomic E-state index is 0.0481. The minimum Gasteiger partial charge on any atom is -0.356 e. The van der Waals surface area contributed by atoms with Crippen LogP contribution in [0.4, 0.5) is 32.2 Å². The highest BCUT2D eigenvalue weighted by atomic mass is 19.4. The van der Waals surface area contributed by atoms with Crippen molar-refractivity contribution in [1.82, 2.24) is 30.1 Å². The molecule has 0 radical (unpaired) electrons. The molecule has 0 atom stereocenters. The monoisotopic (exact) mass is 605 g/mol. The van der Waals surface area contributed by atoms with Gasteiger partial charge in [-0.1, -0.05) is 31.0 Å². The van der Waals surface area contributed by atoms with Crippen LogP contribution in [0.15, 0.2) is 48.5 Å². The molecule has 1 saturated carbocycles. The molecule has 0 amide bonds. The molecule has 0 saturated heterocycles. The van der Waals surface area contributed by atoms with Gasteiger partial charge in [0.05, 0.1) is 30.2 Å².